The molecular weight excluding hydrogens is 172 g/mol. The summed E-state index contributed by atoms with van der Waals surface area (Å²) in [6.45, 7) is 4.21. The van der Waals surface area contributed by atoms with Crippen LogP contribution in [0.25, 0.3) is 0 Å². The Morgan fingerprint density at radius 2 is 1.93 bits per heavy atom. The maximum Gasteiger partial charge on any atom is 0.0994 e. The highest BCUT2D eigenvalue weighted by atomic mass is 15.1. The minimum Gasteiger partial charge on any atom is -0.378 e. The molecule has 74 valence electrons. The van der Waals surface area contributed by atoms with E-state index in [4.69, 9.17) is 5.26 Å². The molecule has 0 aliphatic rings. The van der Waals surface area contributed by atoms with E-state index >= 15 is 0 Å². The van der Waals surface area contributed by atoms with Gasteiger partial charge in [0.05, 0.1) is 11.6 Å². The normalized spacial score (nSPS) is 10.0. The van der Waals surface area contributed by atoms with Crippen molar-refractivity contribution in [2.24, 2.45) is 0 Å². The molecule has 0 unspecified atom stereocenters. The Hall–Kier alpha value is -1.49. The fourth-order valence-electron chi connectivity index (χ4n) is 1.41. The number of nitrogens with zero attached hydrogens (tertiary/aromatic N) is 2. The van der Waals surface area contributed by atoms with Crippen molar-refractivity contribution in [3.8, 4) is 6.07 Å². The van der Waals surface area contributed by atoms with Crippen LogP contribution in [0, 0.1) is 11.3 Å². The first-order chi connectivity index (χ1) is 6.56. The van der Waals surface area contributed by atoms with E-state index in [9.17, 15) is 0 Å². The van der Waals surface area contributed by atoms with Crippen LogP contribution in [0.5, 0.6) is 0 Å². The standard InChI is InChI=1S/C12H16N2/c1-9(2)12-7-11(14(3)4)6-5-10(12)8-13/h5-7,9H,1-4H3. The van der Waals surface area contributed by atoms with Gasteiger partial charge in [-0.15, -0.1) is 0 Å². The van der Waals surface area contributed by atoms with E-state index in [1.807, 2.05) is 31.1 Å². The third-order valence-electron chi connectivity index (χ3n) is 2.29. The molecule has 0 aliphatic carbocycles. The molecular formula is C12H16N2. The van der Waals surface area contributed by atoms with Gasteiger partial charge in [0.25, 0.3) is 0 Å². The van der Waals surface area contributed by atoms with Crippen LogP contribution in [0.2, 0.25) is 0 Å². The summed E-state index contributed by atoms with van der Waals surface area (Å²) >= 11 is 0. The van der Waals surface area contributed by atoms with Gasteiger partial charge in [-0.3, -0.25) is 0 Å². The minimum absolute atomic E-state index is 0.393. The number of hydrogen-bond donors (Lipinski definition) is 0. The lowest BCUT2D eigenvalue weighted by molar-refractivity contribution is 0.861. The molecule has 0 saturated heterocycles. The van der Waals surface area contributed by atoms with Crippen molar-refractivity contribution >= 4 is 5.69 Å². The third kappa shape index (κ3) is 2.05. The van der Waals surface area contributed by atoms with Gasteiger partial charge in [-0.25, -0.2) is 0 Å². The maximum absolute atomic E-state index is 8.93. The summed E-state index contributed by atoms with van der Waals surface area (Å²) in [5, 5.41) is 8.93. The van der Waals surface area contributed by atoms with E-state index in [0.717, 1.165) is 16.8 Å². The summed E-state index contributed by atoms with van der Waals surface area (Å²) in [6.07, 6.45) is 0. The van der Waals surface area contributed by atoms with Crippen LogP contribution in [-0.4, -0.2) is 14.1 Å². The zero-order chi connectivity index (χ0) is 10.7. The molecule has 0 radical (unpaired) electrons. The second kappa shape index (κ2) is 4.15. The van der Waals surface area contributed by atoms with Gasteiger partial charge in [-0.05, 0) is 29.7 Å². The smallest absolute Gasteiger partial charge is 0.0994 e. The lowest BCUT2D eigenvalue weighted by Gasteiger charge is -2.16. The average molecular weight is 188 g/mol. The van der Waals surface area contributed by atoms with Crippen molar-refractivity contribution in [2.45, 2.75) is 19.8 Å². The molecule has 0 spiro atoms. The molecule has 0 heterocycles. The molecule has 0 atom stereocenters. The van der Waals surface area contributed by atoms with E-state index < -0.39 is 0 Å². The van der Waals surface area contributed by atoms with Gasteiger partial charge in [0, 0.05) is 19.8 Å². The van der Waals surface area contributed by atoms with Gasteiger partial charge in [-0.1, -0.05) is 13.8 Å². The molecule has 14 heavy (non-hydrogen) atoms. The molecule has 0 amide bonds. The Bertz CT molecular complexity index is 359. The Labute approximate surface area is 85.8 Å². The number of nitriles is 1. The maximum atomic E-state index is 8.93. The Morgan fingerprint density at radius 3 is 2.36 bits per heavy atom. The fourth-order valence-corrected chi connectivity index (χ4v) is 1.41. The van der Waals surface area contributed by atoms with Gasteiger partial charge in [-0.2, -0.15) is 5.26 Å². The summed E-state index contributed by atoms with van der Waals surface area (Å²) in [4.78, 5) is 2.05. The minimum atomic E-state index is 0.393. The quantitative estimate of drug-likeness (QED) is 0.713. The van der Waals surface area contributed by atoms with Crippen LogP contribution >= 0.6 is 0 Å². The van der Waals surface area contributed by atoms with Crippen LogP contribution in [0.4, 0.5) is 5.69 Å². The van der Waals surface area contributed by atoms with Crippen molar-refractivity contribution in [2.75, 3.05) is 19.0 Å². The summed E-state index contributed by atoms with van der Waals surface area (Å²) in [5.74, 6) is 0.393. The van der Waals surface area contributed by atoms with Crippen LogP contribution in [0.1, 0.15) is 30.9 Å². The largest absolute Gasteiger partial charge is 0.378 e. The lowest BCUT2D eigenvalue weighted by atomic mass is 9.97. The molecule has 1 aromatic rings. The van der Waals surface area contributed by atoms with Crippen molar-refractivity contribution in [3.63, 3.8) is 0 Å². The first kappa shape index (κ1) is 10.6. The molecule has 0 aromatic heterocycles. The van der Waals surface area contributed by atoms with Crippen LogP contribution < -0.4 is 4.90 Å². The zero-order valence-corrected chi connectivity index (χ0v) is 9.20. The van der Waals surface area contributed by atoms with Crippen molar-refractivity contribution < 1.29 is 0 Å². The molecule has 2 nitrogen and oxygen atoms in total. The molecule has 0 bridgehead atoms. The first-order valence-corrected chi connectivity index (χ1v) is 4.77. The third-order valence-corrected chi connectivity index (χ3v) is 2.29. The predicted octanol–water partition coefficient (Wildman–Crippen LogP) is 2.75. The van der Waals surface area contributed by atoms with Gasteiger partial charge < -0.3 is 4.90 Å². The first-order valence-electron chi connectivity index (χ1n) is 4.77. The summed E-state index contributed by atoms with van der Waals surface area (Å²) in [5.41, 5.74) is 3.05. The van der Waals surface area contributed by atoms with Gasteiger partial charge in [0.1, 0.15) is 0 Å². The molecule has 1 aromatic carbocycles. The van der Waals surface area contributed by atoms with Crippen molar-refractivity contribution in [1.29, 1.82) is 5.26 Å². The number of rotatable bonds is 2. The Balaban J connectivity index is 3.23. The summed E-state index contributed by atoms with van der Waals surface area (Å²) < 4.78 is 0. The van der Waals surface area contributed by atoms with Crippen LogP contribution in [0.15, 0.2) is 18.2 Å². The molecule has 0 N–H and O–H groups in total. The Kier molecular flexibility index (Phi) is 3.14. The summed E-state index contributed by atoms with van der Waals surface area (Å²) in [6, 6.07) is 8.18. The highest BCUT2D eigenvalue weighted by molar-refractivity contribution is 5.53. The van der Waals surface area contributed by atoms with Gasteiger partial charge in [0.2, 0.25) is 0 Å². The van der Waals surface area contributed by atoms with Crippen molar-refractivity contribution in [1.82, 2.24) is 0 Å². The van der Waals surface area contributed by atoms with Crippen LogP contribution in [0.3, 0.4) is 0 Å². The average Bonchev–Trinajstić information content (AvgIpc) is 2.16. The fraction of sp³-hybridized carbons (Fsp3) is 0.417. The van der Waals surface area contributed by atoms with E-state index in [2.05, 4.69) is 26.0 Å². The number of benzene rings is 1. The monoisotopic (exact) mass is 188 g/mol. The van der Waals surface area contributed by atoms with Gasteiger partial charge in [0.15, 0.2) is 0 Å². The number of hydrogen-bond acceptors (Lipinski definition) is 2. The number of anilines is 1. The van der Waals surface area contributed by atoms with E-state index in [1.54, 1.807) is 0 Å². The molecule has 0 fully saturated rings. The second-order valence-electron chi connectivity index (χ2n) is 3.93. The van der Waals surface area contributed by atoms with Crippen LogP contribution in [-0.2, 0) is 0 Å². The second-order valence-corrected chi connectivity index (χ2v) is 3.93. The molecule has 1 rings (SSSR count). The summed E-state index contributed by atoms with van der Waals surface area (Å²) in [7, 11) is 4.01. The Morgan fingerprint density at radius 1 is 1.29 bits per heavy atom. The highest BCUT2D eigenvalue weighted by Gasteiger charge is 2.07. The molecule has 0 aliphatic heterocycles. The van der Waals surface area contributed by atoms with E-state index in [-0.39, 0.29) is 0 Å². The molecule has 2 heteroatoms. The van der Waals surface area contributed by atoms with E-state index in [0.29, 0.717) is 5.92 Å². The van der Waals surface area contributed by atoms with Gasteiger partial charge >= 0.3 is 0 Å². The SMILES string of the molecule is CC(C)c1cc(N(C)C)ccc1C#N. The van der Waals surface area contributed by atoms with E-state index in [1.165, 1.54) is 0 Å². The highest BCUT2D eigenvalue weighted by Crippen LogP contribution is 2.24. The lowest BCUT2D eigenvalue weighted by Crippen LogP contribution is -2.09. The topological polar surface area (TPSA) is 27.0 Å². The zero-order valence-electron chi connectivity index (χ0n) is 9.20. The predicted molar refractivity (Wildman–Crippen MR) is 59.6 cm³/mol. The van der Waals surface area contributed by atoms with Crippen molar-refractivity contribution in [3.05, 3.63) is 29.3 Å². The molecule has 0 saturated carbocycles.